The number of carboxylic acid groups (broad SMARTS) is 1. The molecule has 32 heavy (non-hydrogen) atoms. The molecular weight excluding hydrogens is 574 g/mol. The van der Waals surface area contributed by atoms with Gasteiger partial charge in [-0.1, -0.05) is 29.3 Å². The maximum atomic E-state index is 12.4. The van der Waals surface area contributed by atoms with Crippen LogP contribution in [0.5, 0.6) is 11.5 Å². The molecule has 1 fully saturated rings. The van der Waals surface area contributed by atoms with Crippen molar-refractivity contribution in [3.63, 3.8) is 0 Å². The maximum absolute atomic E-state index is 12.4. The maximum Gasteiger partial charge on any atom is 0.329 e. The molecule has 3 rings (SSSR count). The van der Waals surface area contributed by atoms with E-state index in [0.717, 1.165) is 5.56 Å². The Hall–Kier alpha value is -2.50. The molecule has 8 nitrogen and oxygen atoms in total. The third-order valence-electron chi connectivity index (χ3n) is 4.29. The first-order valence-electron chi connectivity index (χ1n) is 9.29. The summed E-state index contributed by atoms with van der Waals surface area (Å²) >= 11 is 14.2. The van der Waals surface area contributed by atoms with Gasteiger partial charge in [-0.05, 0) is 65.4 Å². The number of amides is 3. The van der Waals surface area contributed by atoms with Gasteiger partial charge in [0.2, 0.25) is 0 Å². The molecule has 0 aromatic heterocycles. The van der Waals surface area contributed by atoms with Gasteiger partial charge in [-0.2, -0.15) is 0 Å². The van der Waals surface area contributed by atoms with Gasteiger partial charge >= 0.3 is 12.0 Å². The molecule has 0 spiro atoms. The van der Waals surface area contributed by atoms with Gasteiger partial charge in [0.15, 0.2) is 11.5 Å². The van der Waals surface area contributed by atoms with E-state index in [0.29, 0.717) is 42.2 Å². The Morgan fingerprint density at radius 2 is 1.97 bits per heavy atom. The number of carbonyl (C=O) groups is 3. The first-order valence-corrected chi connectivity index (χ1v) is 11.1. The van der Waals surface area contributed by atoms with Crippen LogP contribution in [-0.2, 0) is 16.2 Å². The quantitative estimate of drug-likeness (QED) is 0.265. The number of benzene rings is 2. The Balaban J connectivity index is 1.87. The highest BCUT2D eigenvalue weighted by Gasteiger charge is 2.35. The molecule has 11 heteroatoms. The predicted octanol–water partition coefficient (Wildman–Crippen LogP) is 4.55. The zero-order valence-corrected chi connectivity index (χ0v) is 20.3. The first kappa shape index (κ1) is 24.1. The van der Waals surface area contributed by atoms with Crippen LogP contribution in [0.1, 0.15) is 18.1 Å². The van der Waals surface area contributed by atoms with Crippen molar-refractivity contribution >= 4 is 69.8 Å². The molecule has 0 atom stereocenters. The fourth-order valence-corrected chi connectivity index (χ4v) is 4.12. The second-order valence-corrected chi connectivity index (χ2v) is 8.57. The van der Waals surface area contributed by atoms with E-state index in [1.54, 1.807) is 30.3 Å². The molecule has 1 aliphatic heterocycles. The van der Waals surface area contributed by atoms with Crippen molar-refractivity contribution in [3.05, 3.63) is 60.8 Å². The third-order valence-corrected chi connectivity index (χ3v) is 5.67. The number of halogens is 3. The lowest BCUT2D eigenvalue weighted by molar-refractivity contribution is -0.140. The van der Waals surface area contributed by atoms with Gasteiger partial charge < -0.3 is 19.9 Å². The lowest BCUT2D eigenvalue weighted by atomic mass is 10.1. The molecule has 2 aromatic rings. The standard InChI is InChI=1S/C21H17Cl2IN2O6/c1-2-31-17-7-11(6-16-20(29)26(9-18(27)28)21(30)25-16)5-15(24)19(17)32-10-12-3-4-13(22)8-14(12)23/h3-8H,2,9-10H2,1H3,(H,25,30)(H,27,28)/b16-6+. The average molecular weight is 591 g/mol. The second kappa shape index (κ2) is 10.4. The summed E-state index contributed by atoms with van der Waals surface area (Å²) in [5.74, 6) is -1.07. The minimum atomic E-state index is -1.29. The van der Waals surface area contributed by atoms with Crippen LogP contribution in [0.4, 0.5) is 4.79 Å². The number of aliphatic carboxylic acids is 1. The van der Waals surface area contributed by atoms with Crippen LogP contribution in [0.25, 0.3) is 6.08 Å². The van der Waals surface area contributed by atoms with Crippen LogP contribution in [0.2, 0.25) is 10.0 Å². The SMILES string of the molecule is CCOc1cc(/C=C2/NC(=O)N(CC(=O)O)C2=O)cc(I)c1OCc1ccc(Cl)cc1Cl. The van der Waals surface area contributed by atoms with Crippen molar-refractivity contribution in [3.8, 4) is 11.5 Å². The van der Waals surface area contributed by atoms with Gasteiger partial charge in [-0.3, -0.25) is 9.59 Å². The van der Waals surface area contributed by atoms with E-state index in [9.17, 15) is 14.4 Å². The molecule has 0 aliphatic carbocycles. The van der Waals surface area contributed by atoms with Gasteiger partial charge in [0.05, 0.1) is 10.2 Å². The molecule has 0 radical (unpaired) electrons. The van der Waals surface area contributed by atoms with Crippen molar-refractivity contribution in [1.29, 1.82) is 0 Å². The smallest absolute Gasteiger partial charge is 0.329 e. The molecule has 3 amide bonds. The Kier molecular flexibility index (Phi) is 7.86. The minimum Gasteiger partial charge on any atom is -0.490 e. The average Bonchev–Trinajstić information content (AvgIpc) is 2.96. The summed E-state index contributed by atoms with van der Waals surface area (Å²) < 4.78 is 12.4. The van der Waals surface area contributed by atoms with Gasteiger partial charge in [-0.15, -0.1) is 0 Å². The summed E-state index contributed by atoms with van der Waals surface area (Å²) in [7, 11) is 0. The summed E-state index contributed by atoms with van der Waals surface area (Å²) in [5, 5.41) is 12.3. The summed E-state index contributed by atoms with van der Waals surface area (Å²) in [6.07, 6.45) is 1.45. The normalized spacial score (nSPS) is 14.6. The number of nitrogens with zero attached hydrogens (tertiary/aromatic N) is 1. The third kappa shape index (κ3) is 5.64. The zero-order valence-electron chi connectivity index (χ0n) is 16.7. The number of imide groups is 1. The summed E-state index contributed by atoms with van der Waals surface area (Å²) in [6, 6.07) is 7.74. The minimum absolute atomic E-state index is 0.0314. The van der Waals surface area contributed by atoms with E-state index >= 15 is 0 Å². The summed E-state index contributed by atoms with van der Waals surface area (Å²) in [4.78, 5) is 35.8. The van der Waals surface area contributed by atoms with Crippen molar-refractivity contribution in [2.45, 2.75) is 13.5 Å². The van der Waals surface area contributed by atoms with Crippen LogP contribution in [0, 0.1) is 3.57 Å². The molecule has 1 saturated heterocycles. The van der Waals surface area contributed by atoms with Gasteiger partial charge in [-0.25, -0.2) is 9.69 Å². The van der Waals surface area contributed by atoms with Gasteiger partial charge in [0.1, 0.15) is 18.8 Å². The molecule has 1 heterocycles. The van der Waals surface area contributed by atoms with Crippen molar-refractivity contribution in [2.24, 2.45) is 0 Å². The largest absolute Gasteiger partial charge is 0.490 e. The number of ether oxygens (including phenoxy) is 2. The van der Waals surface area contributed by atoms with E-state index in [2.05, 4.69) is 27.9 Å². The molecule has 2 N–H and O–H groups in total. The molecular formula is C21H17Cl2IN2O6. The molecule has 0 unspecified atom stereocenters. The molecule has 168 valence electrons. The Bertz CT molecular complexity index is 1120. The summed E-state index contributed by atoms with van der Waals surface area (Å²) in [5.41, 5.74) is 1.28. The number of hydrogen-bond acceptors (Lipinski definition) is 5. The second-order valence-electron chi connectivity index (χ2n) is 6.56. The fraction of sp³-hybridized carbons (Fsp3) is 0.190. The van der Waals surface area contributed by atoms with Crippen molar-refractivity contribution in [2.75, 3.05) is 13.2 Å². The van der Waals surface area contributed by atoms with E-state index < -0.39 is 24.5 Å². The van der Waals surface area contributed by atoms with Crippen LogP contribution < -0.4 is 14.8 Å². The Labute approximate surface area is 207 Å². The molecule has 1 aliphatic rings. The Morgan fingerprint density at radius 1 is 1.22 bits per heavy atom. The highest BCUT2D eigenvalue weighted by Crippen LogP contribution is 2.36. The van der Waals surface area contributed by atoms with Crippen LogP contribution >= 0.6 is 45.8 Å². The molecule has 2 aromatic carbocycles. The summed E-state index contributed by atoms with van der Waals surface area (Å²) in [6.45, 7) is 1.66. The highest BCUT2D eigenvalue weighted by atomic mass is 127. The van der Waals surface area contributed by atoms with Gasteiger partial charge in [0.25, 0.3) is 5.91 Å². The predicted molar refractivity (Wildman–Crippen MR) is 127 cm³/mol. The zero-order chi connectivity index (χ0) is 23.4. The van der Waals surface area contributed by atoms with E-state index in [1.807, 2.05) is 6.92 Å². The molecule has 0 bridgehead atoms. The van der Waals surface area contributed by atoms with Crippen LogP contribution in [0.15, 0.2) is 36.0 Å². The molecule has 0 saturated carbocycles. The monoisotopic (exact) mass is 590 g/mol. The lowest BCUT2D eigenvalue weighted by Crippen LogP contribution is -2.35. The Morgan fingerprint density at radius 3 is 2.62 bits per heavy atom. The topological polar surface area (TPSA) is 105 Å². The van der Waals surface area contributed by atoms with Crippen molar-refractivity contribution in [1.82, 2.24) is 10.2 Å². The van der Waals surface area contributed by atoms with Gasteiger partial charge in [0, 0.05) is 15.6 Å². The lowest BCUT2D eigenvalue weighted by Gasteiger charge is -2.15. The first-order chi connectivity index (χ1) is 15.2. The van der Waals surface area contributed by atoms with E-state index in [4.69, 9.17) is 37.8 Å². The number of urea groups is 1. The number of hydrogen-bond donors (Lipinski definition) is 2. The van der Waals surface area contributed by atoms with E-state index in [-0.39, 0.29) is 12.3 Å². The fourth-order valence-electron chi connectivity index (χ4n) is 2.88. The van der Waals surface area contributed by atoms with Crippen molar-refractivity contribution < 1.29 is 29.0 Å². The number of carboxylic acids is 1. The number of rotatable bonds is 8. The van der Waals surface area contributed by atoms with Crippen LogP contribution in [0.3, 0.4) is 0 Å². The number of nitrogens with one attached hydrogen (secondary N) is 1. The van der Waals surface area contributed by atoms with Crippen LogP contribution in [-0.4, -0.2) is 41.1 Å². The number of carbonyl (C=O) groups excluding carboxylic acids is 2. The highest BCUT2D eigenvalue weighted by molar-refractivity contribution is 14.1. The van der Waals surface area contributed by atoms with E-state index in [1.165, 1.54) is 6.08 Å².